The zero-order valence-corrected chi connectivity index (χ0v) is 7.39. The third kappa shape index (κ3) is 3.76. The molecule has 0 aliphatic rings. The van der Waals surface area contributed by atoms with Crippen LogP contribution in [0.25, 0.3) is 0 Å². The second kappa shape index (κ2) is 4.12. The van der Waals surface area contributed by atoms with Gasteiger partial charge >= 0.3 is 0 Å². The van der Waals surface area contributed by atoms with Crippen LogP contribution in [-0.2, 0) is 4.79 Å². The molecule has 0 N–H and O–H groups in total. The summed E-state index contributed by atoms with van der Waals surface area (Å²) < 4.78 is 0. The van der Waals surface area contributed by atoms with Crippen molar-refractivity contribution >= 4 is 6.29 Å². The van der Waals surface area contributed by atoms with Crippen LogP contribution >= 0.6 is 0 Å². The largest absolute Gasteiger partial charge is 0.303 e. The quantitative estimate of drug-likeness (QED) is 0.437. The molecule has 0 saturated heterocycles. The number of aldehydes is 1. The van der Waals surface area contributed by atoms with Gasteiger partial charge in [-0.2, -0.15) is 0 Å². The molecule has 0 aliphatic carbocycles. The van der Waals surface area contributed by atoms with Crippen molar-refractivity contribution in [2.75, 3.05) is 0 Å². The third-order valence-corrected chi connectivity index (χ3v) is 1.60. The number of rotatable bonds is 5. The molecule has 0 aromatic carbocycles. The van der Waals surface area contributed by atoms with Gasteiger partial charge in [-0.05, 0) is 19.8 Å². The van der Waals surface area contributed by atoms with Crippen LogP contribution in [0.3, 0.4) is 0 Å². The van der Waals surface area contributed by atoms with Crippen molar-refractivity contribution in [3.8, 4) is 0 Å². The fourth-order valence-electron chi connectivity index (χ4n) is 1.18. The van der Waals surface area contributed by atoms with E-state index in [1.54, 1.807) is 6.08 Å². The Morgan fingerprint density at radius 1 is 1.64 bits per heavy atom. The Hall–Kier alpha value is -0.850. The van der Waals surface area contributed by atoms with Crippen molar-refractivity contribution in [2.24, 2.45) is 5.41 Å². The second-order valence-electron chi connectivity index (χ2n) is 3.40. The van der Waals surface area contributed by atoms with Crippen LogP contribution in [0.4, 0.5) is 0 Å². The van der Waals surface area contributed by atoms with Gasteiger partial charge in [-0.15, -0.1) is 13.2 Å². The molecule has 1 heteroatoms. The zero-order valence-electron chi connectivity index (χ0n) is 7.39. The van der Waals surface area contributed by atoms with E-state index in [4.69, 9.17) is 0 Å². The lowest BCUT2D eigenvalue weighted by atomic mass is 9.83. The Morgan fingerprint density at radius 3 is 2.45 bits per heavy atom. The van der Waals surface area contributed by atoms with Gasteiger partial charge in [-0.1, -0.05) is 18.6 Å². The molecular formula is C10H16O. The molecular weight excluding hydrogens is 136 g/mol. The van der Waals surface area contributed by atoms with Crippen molar-refractivity contribution < 1.29 is 4.79 Å². The zero-order chi connectivity index (χ0) is 8.91. The van der Waals surface area contributed by atoms with Gasteiger partial charge in [0.15, 0.2) is 0 Å². The molecule has 62 valence electrons. The van der Waals surface area contributed by atoms with Gasteiger partial charge in [0.05, 0.1) is 0 Å². The molecule has 11 heavy (non-hydrogen) atoms. The van der Waals surface area contributed by atoms with Gasteiger partial charge in [-0.25, -0.2) is 0 Å². The van der Waals surface area contributed by atoms with E-state index in [0.717, 1.165) is 24.7 Å². The van der Waals surface area contributed by atoms with Gasteiger partial charge in [0.25, 0.3) is 0 Å². The second-order valence-corrected chi connectivity index (χ2v) is 3.40. The highest BCUT2D eigenvalue weighted by molar-refractivity contribution is 5.59. The molecule has 0 heterocycles. The highest BCUT2D eigenvalue weighted by Gasteiger charge is 2.21. The smallest absolute Gasteiger partial charge is 0.126 e. The number of carbonyl (C=O) groups excluding carboxylic acids is 1. The molecule has 0 fully saturated rings. The van der Waals surface area contributed by atoms with Crippen LogP contribution in [0, 0.1) is 5.41 Å². The van der Waals surface area contributed by atoms with E-state index < -0.39 is 0 Å². The molecule has 0 amide bonds. The summed E-state index contributed by atoms with van der Waals surface area (Å²) in [5.41, 5.74) is 0.759. The van der Waals surface area contributed by atoms with Crippen LogP contribution in [0.5, 0.6) is 0 Å². The normalized spacial score (nSPS) is 15.1. The van der Waals surface area contributed by atoms with Gasteiger partial charge < -0.3 is 4.79 Å². The van der Waals surface area contributed by atoms with E-state index in [2.05, 4.69) is 13.2 Å². The van der Waals surface area contributed by atoms with E-state index in [9.17, 15) is 4.79 Å². The summed E-state index contributed by atoms with van der Waals surface area (Å²) in [6, 6.07) is 0. The summed E-state index contributed by atoms with van der Waals surface area (Å²) in [6.07, 6.45) is 4.24. The minimum atomic E-state index is -0.284. The molecule has 0 spiro atoms. The standard InChI is InChI=1S/C10H16O/c1-5-6-10(4,8-11)7-9(2)3/h5,8H,1-2,6-7H2,3-4H3. The summed E-state index contributed by atoms with van der Waals surface area (Å²) in [5, 5.41) is 0. The summed E-state index contributed by atoms with van der Waals surface area (Å²) in [6.45, 7) is 11.3. The highest BCUT2D eigenvalue weighted by Crippen LogP contribution is 2.26. The SMILES string of the molecule is C=CCC(C)(C=O)CC(=C)C. The van der Waals surface area contributed by atoms with E-state index in [-0.39, 0.29) is 5.41 Å². The monoisotopic (exact) mass is 152 g/mol. The molecule has 0 rings (SSSR count). The number of allylic oxidation sites excluding steroid dienone is 2. The maximum atomic E-state index is 10.7. The van der Waals surface area contributed by atoms with Gasteiger partial charge in [0, 0.05) is 5.41 Å². The fourth-order valence-corrected chi connectivity index (χ4v) is 1.18. The van der Waals surface area contributed by atoms with E-state index in [0.29, 0.717) is 0 Å². The molecule has 0 bridgehead atoms. The van der Waals surface area contributed by atoms with Gasteiger partial charge in [0.1, 0.15) is 6.29 Å². The van der Waals surface area contributed by atoms with Gasteiger partial charge in [0.2, 0.25) is 0 Å². The maximum Gasteiger partial charge on any atom is 0.126 e. The Labute approximate surface area is 68.8 Å². The average molecular weight is 152 g/mol. The Balaban J connectivity index is 4.19. The molecule has 1 atom stereocenters. The first-order valence-corrected chi connectivity index (χ1v) is 3.76. The predicted octanol–water partition coefficient (Wildman–Crippen LogP) is 2.73. The van der Waals surface area contributed by atoms with E-state index in [1.807, 2.05) is 13.8 Å². The topological polar surface area (TPSA) is 17.1 Å². The van der Waals surface area contributed by atoms with Crippen LogP contribution in [0.2, 0.25) is 0 Å². The van der Waals surface area contributed by atoms with Gasteiger partial charge in [-0.3, -0.25) is 0 Å². The van der Waals surface area contributed by atoms with Crippen molar-refractivity contribution in [1.29, 1.82) is 0 Å². The predicted molar refractivity (Wildman–Crippen MR) is 48.4 cm³/mol. The Bertz CT molecular complexity index is 170. The van der Waals surface area contributed by atoms with Crippen LogP contribution in [0.1, 0.15) is 26.7 Å². The molecule has 1 nitrogen and oxygen atoms in total. The van der Waals surface area contributed by atoms with Crippen molar-refractivity contribution in [1.82, 2.24) is 0 Å². The maximum absolute atomic E-state index is 10.7. The number of hydrogen-bond acceptors (Lipinski definition) is 1. The lowest BCUT2D eigenvalue weighted by Crippen LogP contribution is -2.17. The summed E-state index contributed by atoms with van der Waals surface area (Å²) in [7, 11) is 0. The van der Waals surface area contributed by atoms with Crippen LogP contribution in [0.15, 0.2) is 24.8 Å². The summed E-state index contributed by atoms with van der Waals surface area (Å²) in [4.78, 5) is 10.7. The highest BCUT2D eigenvalue weighted by atomic mass is 16.1. The number of carbonyl (C=O) groups is 1. The first-order valence-electron chi connectivity index (χ1n) is 3.76. The van der Waals surface area contributed by atoms with Crippen molar-refractivity contribution in [3.63, 3.8) is 0 Å². The lowest BCUT2D eigenvalue weighted by molar-refractivity contribution is -0.115. The first kappa shape index (κ1) is 10.2. The Kier molecular flexibility index (Phi) is 3.80. The molecule has 0 aromatic heterocycles. The molecule has 0 aromatic rings. The lowest BCUT2D eigenvalue weighted by Gasteiger charge is -2.20. The fraction of sp³-hybridized carbons (Fsp3) is 0.500. The average Bonchev–Trinajstić information content (AvgIpc) is 1.87. The summed E-state index contributed by atoms with van der Waals surface area (Å²) in [5.74, 6) is 0. The molecule has 0 saturated carbocycles. The molecule has 0 aliphatic heterocycles. The van der Waals surface area contributed by atoms with Crippen LogP contribution < -0.4 is 0 Å². The summed E-state index contributed by atoms with van der Waals surface area (Å²) >= 11 is 0. The van der Waals surface area contributed by atoms with Crippen LogP contribution in [-0.4, -0.2) is 6.29 Å². The minimum Gasteiger partial charge on any atom is -0.303 e. The van der Waals surface area contributed by atoms with Crippen molar-refractivity contribution in [2.45, 2.75) is 26.7 Å². The third-order valence-electron chi connectivity index (χ3n) is 1.60. The molecule has 1 unspecified atom stereocenters. The first-order chi connectivity index (χ1) is 5.04. The Morgan fingerprint density at radius 2 is 2.18 bits per heavy atom. The van der Waals surface area contributed by atoms with Crippen molar-refractivity contribution in [3.05, 3.63) is 24.8 Å². The molecule has 0 radical (unpaired) electrons. The van der Waals surface area contributed by atoms with E-state index in [1.165, 1.54) is 0 Å². The minimum absolute atomic E-state index is 0.284. The van der Waals surface area contributed by atoms with E-state index >= 15 is 0 Å². The number of hydrogen-bond donors (Lipinski definition) is 0.